The summed E-state index contributed by atoms with van der Waals surface area (Å²) < 4.78 is 26.5. The van der Waals surface area contributed by atoms with Gasteiger partial charge in [-0.25, -0.2) is 13.8 Å². The molecule has 2 heterocycles. The summed E-state index contributed by atoms with van der Waals surface area (Å²) >= 11 is 1.81. The molecular weight excluding hydrogens is 304 g/mol. The molecule has 1 aliphatic rings. The highest BCUT2D eigenvalue weighted by Gasteiger charge is 2.29. The molecule has 3 rings (SSSR count). The molecule has 0 aliphatic carbocycles. The van der Waals surface area contributed by atoms with Gasteiger partial charge in [0.1, 0.15) is 0 Å². The van der Waals surface area contributed by atoms with Gasteiger partial charge in [0.05, 0.1) is 18.1 Å². The highest BCUT2D eigenvalue weighted by atomic mass is 32.2. The number of thioether (sulfide) groups is 1. The first-order valence-corrected chi connectivity index (χ1v) is 8.77. The van der Waals surface area contributed by atoms with Crippen LogP contribution in [0.2, 0.25) is 0 Å². The number of benzene rings is 1. The minimum atomic E-state index is -0.795. The van der Waals surface area contributed by atoms with E-state index in [1.54, 1.807) is 12.4 Å². The Labute approximate surface area is 133 Å². The molecule has 0 amide bonds. The van der Waals surface area contributed by atoms with Gasteiger partial charge in [-0.3, -0.25) is 4.90 Å². The van der Waals surface area contributed by atoms with Gasteiger partial charge in [0, 0.05) is 25.2 Å². The zero-order valence-electron chi connectivity index (χ0n) is 12.5. The summed E-state index contributed by atoms with van der Waals surface area (Å²) in [5.74, 6) is -0.530. The molecule has 0 spiro atoms. The van der Waals surface area contributed by atoms with E-state index in [1.807, 2.05) is 11.8 Å². The quantitative estimate of drug-likeness (QED) is 0.913. The molecule has 118 valence electrons. The molecule has 6 heteroatoms. The first-order valence-electron chi connectivity index (χ1n) is 7.38. The van der Waals surface area contributed by atoms with Crippen LogP contribution >= 0.6 is 11.8 Å². The van der Waals surface area contributed by atoms with Crippen LogP contribution in [0.1, 0.15) is 29.4 Å². The van der Waals surface area contributed by atoms with E-state index in [1.165, 1.54) is 17.8 Å². The van der Waals surface area contributed by atoms with Gasteiger partial charge in [0.2, 0.25) is 0 Å². The Bertz CT molecular complexity index is 644. The lowest BCUT2D eigenvalue weighted by molar-refractivity contribution is 0.168. The summed E-state index contributed by atoms with van der Waals surface area (Å²) in [4.78, 5) is 10.00. The molecule has 1 aliphatic heterocycles. The number of fused-ring (bicyclic) bond motifs is 1. The number of aromatic amines is 1. The van der Waals surface area contributed by atoms with Crippen LogP contribution in [0, 0.1) is 11.6 Å². The zero-order valence-corrected chi connectivity index (χ0v) is 13.3. The average molecular weight is 323 g/mol. The molecular formula is C16H19F2N3S. The minimum Gasteiger partial charge on any atom is -0.348 e. The van der Waals surface area contributed by atoms with Crippen molar-refractivity contribution < 1.29 is 8.78 Å². The standard InChI is InChI=1S/C16H19F2N3S/c1-22-7-5-15-16-14(19-10-20-16)4-6-21(15)9-11-2-3-12(17)13(18)8-11/h2-3,8,10,15H,4-7,9H2,1H3,(H,19,20)/t15-/m1/s1. The van der Waals surface area contributed by atoms with E-state index in [2.05, 4.69) is 21.1 Å². The van der Waals surface area contributed by atoms with Crippen molar-refractivity contribution in [2.45, 2.75) is 25.4 Å². The first kappa shape index (κ1) is 15.5. The first-order chi connectivity index (χ1) is 10.7. The monoisotopic (exact) mass is 323 g/mol. The van der Waals surface area contributed by atoms with E-state index in [4.69, 9.17) is 0 Å². The Kier molecular flexibility index (Phi) is 4.78. The topological polar surface area (TPSA) is 31.9 Å². The molecule has 0 fully saturated rings. The average Bonchev–Trinajstić information content (AvgIpc) is 2.98. The van der Waals surface area contributed by atoms with E-state index in [-0.39, 0.29) is 6.04 Å². The molecule has 3 nitrogen and oxygen atoms in total. The maximum absolute atomic E-state index is 13.4. The van der Waals surface area contributed by atoms with Crippen molar-refractivity contribution in [1.82, 2.24) is 14.9 Å². The molecule has 1 N–H and O–H groups in total. The van der Waals surface area contributed by atoms with E-state index in [0.29, 0.717) is 6.54 Å². The Morgan fingerprint density at radius 3 is 3.00 bits per heavy atom. The highest BCUT2D eigenvalue weighted by molar-refractivity contribution is 7.98. The zero-order chi connectivity index (χ0) is 15.5. The highest BCUT2D eigenvalue weighted by Crippen LogP contribution is 2.32. The van der Waals surface area contributed by atoms with E-state index < -0.39 is 11.6 Å². The smallest absolute Gasteiger partial charge is 0.159 e. The van der Waals surface area contributed by atoms with Crippen LogP contribution in [0.4, 0.5) is 8.78 Å². The fourth-order valence-corrected chi connectivity index (χ4v) is 3.47. The lowest BCUT2D eigenvalue weighted by atomic mass is 9.99. The Hall–Kier alpha value is -1.40. The minimum absolute atomic E-state index is 0.232. The predicted molar refractivity (Wildman–Crippen MR) is 84.8 cm³/mol. The Balaban J connectivity index is 1.80. The van der Waals surface area contributed by atoms with Crippen molar-refractivity contribution in [2.24, 2.45) is 0 Å². The van der Waals surface area contributed by atoms with Crippen LogP contribution in [0.5, 0.6) is 0 Å². The number of H-pyrrole nitrogens is 1. The number of halogens is 2. The molecule has 0 bridgehead atoms. The third-order valence-corrected chi connectivity index (χ3v) is 4.77. The molecule has 22 heavy (non-hydrogen) atoms. The van der Waals surface area contributed by atoms with Gasteiger partial charge in [0.25, 0.3) is 0 Å². The van der Waals surface area contributed by atoms with Gasteiger partial charge in [-0.05, 0) is 36.1 Å². The molecule has 0 saturated heterocycles. The number of aromatic nitrogens is 2. The number of imidazole rings is 1. The molecule has 0 radical (unpaired) electrons. The maximum Gasteiger partial charge on any atom is 0.159 e. The molecule has 1 aromatic heterocycles. The molecule has 0 unspecified atom stereocenters. The van der Waals surface area contributed by atoms with E-state index in [9.17, 15) is 8.78 Å². The van der Waals surface area contributed by atoms with Crippen molar-refractivity contribution in [3.8, 4) is 0 Å². The summed E-state index contributed by atoms with van der Waals surface area (Å²) in [6.45, 7) is 1.51. The van der Waals surface area contributed by atoms with Crippen LogP contribution in [-0.2, 0) is 13.0 Å². The van der Waals surface area contributed by atoms with Crippen molar-refractivity contribution in [3.63, 3.8) is 0 Å². The normalized spacial score (nSPS) is 18.4. The van der Waals surface area contributed by atoms with Crippen molar-refractivity contribution in [3.05, 3.63) is 53.1 Å². The summed E-state index contributed by atoms with van der Waals surface area (Å²) in [6.07, 6.45) is 5.75. The van der Waals surface area contributed by atoms with Gasteiger partial charge < -0.3 is 4.98 Å². The van der Waals surface area contributed by atoms with Crippen LogP contribution in [-0.4, -0.2) is 33.4 Å². The van der Waals surface area contributed by atoms with Crippen LogP contribution in [0.3, 0.4) is 0 Å². The SMILES string of the molecule is CSCC[C@@H]1c2nc[nH]c2CCN1Cc1ccc(F)c(F)c1. The summed E-state index contributed by atoms with van der Waals surface area (Å²) in [5.41, 5.74) is 3.10. The summed E-state index contributed by atoms with van der Waals surface area (Å²) in [7, 11) is 0. The van der Waals surface area contributed by atoms with Crippen LogP contribution in [0.25, 0.3) is 0 Å². The second kappa shape index (κ2) is 6.79. The van der Waals surface area contributed by atoms with Crippen LogP contribution in [0.15, 0.2) is 24.5 Å². The number of hydrogen-bond acceptors (Lipinski definition) is 3. The fraction of sp³-hybridized carbons (Fsp3) is 0.438. The second-order valence-electron chi connectivity index (χ2n) is 5.53. The van der Waals surface area contributed by atoms with Gasteiger partial charge in [-0.1, -0.05) is 6.07 Å². The second-order valence-corrected chi connectivity index (χ2v) is 6.52. The molecule has 1 aromatic carbocycles. The van der Waals surface area contributed by atoms with E-state index >= 15 is 0 Å². The third-order valence-electron chi connectivity index (χ3n) is 4.12. The van der Waals surface area contributed by atoms with Crippen molar-refractivity contribution >= 4 is 11.8 Å². The Morgan fingerprint density at radius 1 is 1.36 bits per heavy atom. The lowest BCUT2D eigenvalue weighted by Gasteiger charge is -2.35. The third kappa shape index (κ3) is 3.17. The summed E-state index contributed by atoms with van der Waals surface area (Å²) in [6, 6.07) is 4.38. The molecule has 0 saturated carbocycles. The number of hydrogen-bond donors (Lipinski definition) is 1. The van der Waals surface area contributed by atoms with Gasteiger partial charge in [-0.15, -0.1) is 0 Å². The predicted octanol–water partition coefficient (Wildman–Crippen LogP) is 3.54. The largest absolute Gasteiger partial charge is 0.348 e. The maximum atomic E-state index is 13.4. The van der Waals surface area contributed by atoms with E-state index in [0.717, 1.165) is 36.4 Å². The number of rotatable bonds is 5. The Morgan fingerprint density at radius 2 is 2.23 bits per heavy atom. The molecule has 2 aromatic rings. The number of nitrogens with one attached hydrogen (secondary N) is 1. The van der Waals surface area contributed by atoms with Gasteiger partial charge >= 0.3 is 0 Å². The summed E-state index contributed by atoms with van der Waals surface area (Å²) in [5, 5.41) is 0. The van der Waals surface area contributed by atoms with Crippen LogP contribution < -0.4 is 0 Å². The van der Waals surface area contributed by atoms with Crippen molar-refractivity contribution in [1.29, 1.82) is 0 Å². The lowest BCUT2D eigenvalue weighted by Crippen LogP contribution is -2.35. The van der Waals surface area contributed by atoms with Gasteiger partial charge in [-0.2, -0.15) is 11.8 Å². The fourth-order valence-electron chi connectivity index (χ4n) is 3.01. The number of nitrogens with zero attached hydrogens (tertiary/aromatic N) is 2. The van der Waals surface area contributed by atoms with Gasteiger partial charge in [0.15, 0.2) is 11.6 Å². The molecule has 1 atom stereocenters. The van der Waals surface area contributed by atoms with Crippen molar-refractivity contribution in [2.75, 3.05) is 18.6 Å².